The lowest BCUT2D eigenvalue weighted by molar-refractivity contribution is -0.138. The third-order valence-corrected chi connectivity index (χ3v) is 7.03. The third-order valence-electron chi connectivity index (χ3n) is 7.03. The van der Waals surface area contributed by atoms with Crippen molar-refractivity contribution < 1.29 is 18.0 Å². The van der Waals surface area contributed by atoms with Crippen molar-refractivity contribution in [3.05, 3.63) is 107 Å². The minimum absolute atomic E-state index is 0.0834. The molecule has 0 bridgehead atoms. The van der Waals surface area contributed by atoms with Gasteiger partial charge in [-0.1, -0.05) is 24.0 Å². The summed E-state index contributed by atoms with van der Waals surface area (Å²) >= 11 is 0. The van der Waals surface area contributed by atoms with Crippen LogP contribution in [-0.4, -0.2) is 63.5 Å². The number of likely N-dealkylation sites (N-methyl/N-ethyl adjacent to an activating group) is 1. The molecule has 7 nitrogen and oxygen atoms in total. The summed E-state index contributed by atoms with van der Waals surface area (Å²) in [7, 11) is 2.00. The van der Waals surface area contributed by atoms with Gasteiger partial charge in [0.05, 0.1) is 23.8 Å². The highest BCUT2D eigenvalue weighted by Gasteiger charge is 2.34. The van der Waals surface area contributed by atoms with Crippen LogP contribution in [0.15, 0.2) is 73.6 Å². The van der Waals surface area contributed by atoms with Crippen LogP contribution in [-0.2, 0) is 12.7 Å². The zero-order chi connectivity index (χ0) is 29.0. The van der Waals surface area contributed by atoms with E-state index in [1.165, 1.54) is 12.1 Å². The first-order chi connectivity index (χ1) is 19.7. The van der Waals surface area contributed by atoms with Gasteiger partial charge < -0.3 is 14.8 Å². The maximum atomic E-state index is 14.0. The fourth-order valence-electron chi connectivity index (χ4n) is 4.59. The fourth-order valence-corrected chi connectivity index (χ4v) is 4.59. The Morgan fingerprint density at radius 3 is 2.54 bits per heavy atom. The number of benzene rings is 2. The highest BCUT2D eigenvalue weighted by Crippen LogP contribution is 2.34. The highest BCUT2D eigenvalue weighted by atomic mass is 19.4. The van der Waals surface area contributed by atoms with Crippen LogP contribution in [0, 0.1) is 18.8 Å². The number of hydrogen-bond acceptors (Lipinski definition) is 5. The fraction of sp³-hybridized carbons (Fsp3) is 0.258. The first-order valence-electron chi connectivity index (χ1n) is 13.1. The van der Waals surface area contributed by atoms with Gasteiger partial charge in [-0.05, 0) is 55.4 Å². The van der Waals surface area contributed by atoms with Crippen LogP contribution in [0.25, 0.3) is 5.69 Å². The van der Waals surface area contributed by atoms with E-state index in [0.717, 1.165) is 30.4 Å². The Bertz CT molecular complexity index is 1600. The van der Waals surface area contributed by atoms with Crippen LogP contribution in [0.5, 0.6) is 0 Å². The molecule has 3 heterocycles. The zero-order valence-electron chi connectivity index (χ0n) is 22.7. The lowest BCUT2D eigenvalue weighted by Crippen LogP contribution is -2.44. The number of amides is 1. The van der Waals surface area contributed by atoms with E-state index in [1.54, 1.807) is 49.3 Å². The first kappa shape index (κ1) is 28.1. The summed E-state index contributed by atoms with van der Waals surface area (Å²) in [5, 5.41) is 2.62. The minimum atomic E-state index is -4.54. The molecule has 1 N–H and O–H groups in total. The minimum Gasteiger partial charge on any atom is -0.322 e. The van der Waals surface area contributed by atoms with Crippen molar-refractivity contribution in [3.63, 3.8) is 0 Å². The SMILES string of the molecule is Cc1ccc(C(=O)Nc2ccc(CN3CCN(C)CC3)c(C(F)(F)F)c2)cc1C#Cc1cncc(-n2ccnc2)c1. The number of carbonyl (C=O) groups is 1. The number of anilines is 1. The molecular weight excluding hydrogens is 529 g/mol. The molecule has 1 saturated heterocycles. The number of rotatable bonds is 5. The molecule has 5 rings (SSSR count). The van der Waals surface area contributed by atoms with Gasteiger partial charge in [0.25, 0.3) is 5.91 Å². The van der Waals surface area contributed by atoms with E-state index in [2.05, 4.69) is 32.0 Å². The molecule has 1 fully saturated rings. The van der Waals surface area contributed by atoms with E-state index in [4.69, 9.17) is 0 Å². The third kappa shape index (κ3) is 7.01. The van der Waals surface area contributed by atoms with Crippen molar-refractivity contribution in [1.29, 1.82) is 0 Å². The molecule has 1 aliphatic heterocycles. The average Bonchev–Trinajstić information content (AvgIpc) is 3.49. The van der Waals surface area contributed by atoms with Gasteiger partial charge in [-0.15, -0.1) is 0 Å². The lowest BCUT2D eigenvalue weighted by Gasteiger charge is -2.33. The molecule has 0 aliphatic carbocycles. The van der Waals surface area contributed by atoms with Gasteiger partial charge in [-0.3, -0.25) is 14.7 Å². The second-order valence-electron chi connectivity index (χ2n) is 10.1. The van der Waals surface area contributed by atoms with Crippen molar-refractivity contribution in [2.75, 3.05) is 38.5 Å². The number of pyridine rings is 1. The Morgan fingerprint density at radius 1 is 1.00 bits per heavy atom. The van der Waals surface area contributed by atoms with Crippen LogP contribution in [0.3, 0.4) is 0 Å². The molecule has 2 aromatic heterocycles. The number of imidazole rings is 1. The van der Waals surface area contributed by atoms with Gasteiger partial charge in [0, 0.05) is 73.7 Å². The van der Waals surface area contributed by atoms with Crippen LogP contribution < -0.4 is 5.32 Å². The van der Waals surface area contributed by atoms with Crippen LogP contribution in [0.1, 0.15) is 38.2 Å². The molecule has 0 spiro atoms. The van der Waals surface area contributed by atoms with Gasteiger partial charge >= 0.3 is 6.18 Å². The molecule has 210 valence electrons. The predicted octanol–water partition coefficient (Wildman–Crippen LogP) is 4.99. The van der Waals surface area contributed by atoms with Crippen LogP contribution >= 0.6 is 0 Å². The van der Waals surface area contributed by atoms with Gasteiger partial charge in [-0.25, -0.2) is 4.98 Å². The average molecular weight is 559 g/mol. The molecule has 10 heteroatoms. The number of nitrogens with one attached hydrogen (secondary N) is 1. The Labute approximate surface area is 236 Å². The Morgan fingerprint density at radius 2 is 1.80 bits per heavy atom. The number of halogens is 3. The van der Waals surface area contributed by atoms with E-state index in [9.17, 15) is 18.0 Å². The largest absolute Gasteiger partial charge is 0.416 e. The van der Waals surface area contributed by atoms with Gasteiger partial charge in [0.1, 0.15) is 0 Å². The summed E-state index contributed by atoms with van der Waals surface area (Å²) < 4.78 is 43.7. The number of aromatic nitrogens is 3. The molecule has 1 amide bonds. The maximum Gasteiger partial charge on any atom is 0.416 e. The summed E-state index contributed by atoms with van der Waals surface area (Å²) in [6.45, 7) is 5.12. The first-order valence-corrected chi connectivity index (χ1v) is 13.1. The van der Waals surface area contributed by atoms with Crippen LogP contribution in [0.2, 0.25) is 0 Å². The molecule has 4 aromatic rings. The van der Waals surface area contributed by atoms with Gasteiger partial charge in [0.15, 0.2) is 0 Å². The second kappa shape index (κ2) is 12.0. The smallest absolute Gasteiger partial charge is 0.322 e. The van der Waals surface area contributed by atoms with Gasteiger partial charge in [-0.2, -0.15) is 13.2 Å². The molecule has 41 heavy (non-hydrogen) atoms. The number of nitrogens with zero attached hydrogens (tertiary/aromatic N) is 5. The Hall–Kier alpha value is -4.46. The van der Waals surface area contributed by atoms with Crippen LogP contribution in [0.4, 0.5) is 18.9 Å². The van der Waals surface area contributed by atoms with Crippen molar-refractivity contribution in [1.82, 2.24) is 24.3 Å². The zero-order valence-corrected chi connectivity index (χ0v) is 22.7. The standard InChI is InChI=1S/C31H29F3N6O/c1-22-3-5-25(16-24(22)6-4-23-15-28(19-36-18-23)40-10-9-35-21-40)30(41)37-27-8-7-26(29(17-27)31(32,33)34)20-39-13-11-38(2)12-14-39/h3,5,7-10,15-19,21H,11-14,20H2,1-2H3,(H,37,41). The molecule has 1 aliphatic rings. The number of hydrogen-bond donors (Lipinski definition) is 1. The number of piperazine rings is 1. The molecule has 2 aromatic carbocycles. The summed E-state index contributed by atoms with van der Waals surface area (Å²) in [6, 6.07) is 10.9. The molecule has 0 radical (unpaired) electrons. The van der Waals surface area contributed by atoms with Gasteiger partial charge in [0.2, 0.25) is 0 Å². The highest BCUT2D eigenvalue weighted by molar-refractivity contribution is 6.04. The summed E-state index contributed by atoms with van der Waals surface area (Å²) in [4.78, 5) is 25.5. The van der Waals surface area contributed by atoms with Crippen molar-refractivity contribution >= 4 is 11.6 Å². The van der Waals surface area contributed by atoms with E-state index < -0.39 is 17.6 Å². The lowest BCUT2D eigenvalue weighted by atomic mass is 10.0. The molecule has 0 atom stereocenters. The summed E-state index contributed by atoms with van der Waals surface area (Å²) in [6.07, 6.45) is 3.94. The topological polar surface area (TPSA) is 66.3 Å². The van der Waals surface area contributed by atoms with E-state index in [0.29, 0.717) is 29.8 Å². The summed E-state index contributed by atoms with van der Waals surface area (Å²) in [5.74, 6) is 5.65. The molecule has 0 saturated carbocycles. The van der Waals surface area contributed by atoms with E-state index >= 15 is 0 Å². The number of alkyl halides is 3. The van der Waals surface area contributed by atoms with E-state index in [1.807, 2.05) is 29.5 Å². The molecule has 0 unspecified atom stereocenters. The molecular formula is C31H29F3N6O. The number of carbonyl (C=O) groups excluding carboxylic acids is 1. The van der Waals surface area contributed by atoms with Crippen molar-refractivity contribution in [2.45, 2.75) is 19.6 Å². The Balaban J connectivity index is 1.33. The normalized spacial score (nSPS) is 14.4. The van der Waals surface area contributed by atoms with E-state index in [-0.39, 0.29) is 17.8 Å². The maximum absolute atomic E-state index is 14.0. The monoisotopic (exact) mass is 558 g/mol. The Kier molecular flexibility index (Phi) is 8.19. The van der Waals surface area contributed by atoms with Crippen molar-refractivity contribution in [3.8, 4) is 17.5 Å². The van der Waals surface area contributed by atoms with Crippen molar-refractivity contribution in [2.24, 2.45) is 0 Å². The second-order valence-corrected chi connectivity index (χ2v) is 10.1. The quantitative estimate of drug-likeness (QED) is 0.350. The summed E-state index contributed by atoms with van der Waals surface area (Å²) in [5.41, 5.74) is 2.81. The number of aryl methyl sites for hydroxylation is 1. The predicted molar refractivity (Wildman–Crippen MR) is 151 cm³/mol.